The molecule has 5 heteroatoms. The molecule has 1 aromatic carbocycles. The summed E-state index contributed by atoms with van der Waals surface area (Å²) in [4.78, 5) is 22.9. The lowest BCUT2D eigenvalue weighted by Gasteiger charge is -2.04. The minimum atomic E-state index is -0.501. The number of carbonyl (C=O) groups excluding carboxylic acids is 2. The molecule has 0 spiro atoms. The van der Waals surface area contributed by atoms with Crippen LogP contribution in [0.5, 0.6) is 0 Å². The van der Waals surface area contributed by atoms with Crippen molar-refractivity contribution >= 4 is 17.5 Å². The summed E-state index contributed by atoms with van der Waals surface area (Å²) in [5.74, 6) is 0.510. The van der Waals surface area contributed by atoms with Gasteiger partial charge in [-0.3, -0.25) is 9.59 Å². The van der Waals surface area contributed by atoms with Crippen LogP contribution in [-0.2, 0) is 0 Å². The van der Waals surface area contributed by atoms with Crippen LogP contribution in [0.1, 0.15) is 32.2 Å². The van der Waals surface area contributed by atoms with Gasteiger partial charge in [0.25, 0.3) is 5.91 Å². The first-order valence-corrected chi connectivity index (χ1v) is 5.75. The summed E-state index contributed by atoms with van der Waals surface area (Å²) in [6.07, 6.45) is 0. The van der Waals surface area contributed by atoms with Crippen molar-refractivity contribution in [2.75, 3.05) is 5.32 Å². The molecule has 0 saturated carbocycles. The second kappa shape index (κ2) is 4.97. The zero-order valence-electron chi connectivity index (χ0n) is 10.7. The standard InChI is InChI=1S/C14H14N2O3/c1-8-7-12(9(2)19-8)14(18)16-11-5-3-10(4-6-11)13(15)17/h3-7H,1-2H3,(H2,15,17)(H,16,18). The highest BCUT2D eigenvalue weighted by molar-refractivity contribution is 6.05. The molecule has 0 aliphatic rings. The van der Waals surface area contributed by atoms with Crippen molar-refractivity contribution in [3.05, 3.63) is 53.0 Å². The molecular weight excluding hydrogens is 244 g/mol. The number of hydrogen-bond acceptors (Lipinski definition) is 3. The molecular formula is C14H14N2O3. The van der Waals surface area contributed by atoms with Gasteiger partial charge >= 0.3 is 0 Å². The number of rotatable bonds is 3. The third-order valence-corrected chi connectivity index (χ3v) is 2.71. The van der Waals surface area contributed by atoms with Crippen LogP contribution in [0.4, 0.5) is 5.69 Å². The lowest BCUT2D eigenvalue weighted by atomic mass is 10.2. The average molecular weight is 258 g/mol. The highest BCUT2D eigenvalue weighted by atomic mass is 16.3. The molecule has 1 heterocycles. The van der Waals surface area contributed by atoms with Crippen molar-refractivity contribution in [2.24, 2.45) is 5.73 Å². The first-order chi connectivity index (χ1) is 8.97. The highest BCUT2D eigenvalue weighted by Crippen LogP contribution is 2.16. The third kappa shape index (κ3) is 2.82. The van der Waals surface area contributed by atoms with Crippen LogP contribution in [0.15, 0.2) is 34.7 Å². The number of primary amides is 1. The summed E-state index contributed by atoms with van der Waals surface area (Å²) in [6.45, 7) is 3.52. The maximum atomic E-state index is 12.0. The van der Waals surface area contributed by atoms with Gasteiger partial charge in [-0.25, -0.2) is 0 Å². The number of anilines is 1. The van der Waals surface area contributed by atoms with E-state index in [9.17, 15) is 9.59 Å². The van der Waals surface area contributed by atoms with E-state index >= 15 is 0 Å². The average Bonchev–Trinajstić information content (AvgIpc) is 2.69. The van der Waals surface area contributed by atoms with Crippen LogP contribution in [0.3, 0.4) is 0 Å². The predicted molar refractivity (Wildman–Crippen MR) is 71.1 cm³/mol. The summed E-state index contributed by atoms with van der Waals surface area (Å²) in [7, 11) is 0. The van der Waals surface area contributed by atoms with E-state index in [1.807, 2.05) is 0 Å². The summed E-state index contributed by atoms with van der Waals surface area (Å²) in [5, 5.41) is 2.73. The predicted octanol–water partition coefficient (Wildman–Crippen LogP) is 2.25. The van der Waals surface area contributed by atoms with Crippen LogP contribution in [0, 0.1) is 13.8 Å². The fourth-order valence-electron chi connectivity index (χ4n) is 1.77. The molecule has 0 aliphatic carbocycles. The lowest BCUT2D eigenvalue weighted by Crippen LogP contribution is -2.13. The van der Waals surface area contributed by atoms with E-state index in [4.69, 9.17) is 10.2 Å². The fraction of sp³-hybridized carbons (Fsp3) is 0.143. The smallest absolute Gasteiger partial charge is 0.259 e. The second-order valence-corrected chi connectivity index (χ2v) is 4.22. The van der Waals surface area contributed by atoms with Gasteiger partial charge in [0.1, 0.15) is 11.5 Å². The topological polar surface area (TPSA) is 85.3 Å². The minimum Gasteiger partial charge on any atom is -0.466 e. The van der Waals surface area contributed by atoms with Crippen LogP contribution in [0.25, 0.3) is 0 Å². The molecule has 5 nitrogen and oxygen atoms in total. The van der Waals surface area contributed by atoms with Gasteiger partial charge in [-0.1, -0.05) is 0 Å². The van der Waals surface area contributed by atoms with Gasteiger partial charge in [-0.05, 0) is 44.2 Å². The van der Waals surface area contributed by atoms with Crippen LogP contribution in [0.2, 0.25) is 0 Å². The Morgan fingerprint density at radius 3 is 2.26 bits per heavy atom. The Labute approximate surface area is 110 Å². The zero-order valence-corrected chi connectivity index (χ0v) is 10.7. The number of hydrogen-bond donors (Lipinski definition) is 2. The Kier molecular flexibility index (Phi) is 3.37. The van der Waals surface area contributed by atoms with Crippen molar-refractivity contribution in [2.45, 2.75) is 13.8 Å². The van der Waals surface area contributed by atoms with Gasteiger partial charge < -0.3 is 15.5 Å². The van der Waals surface area contributed by atoms with Crippen molar-refractivity contribution < 1.29 is 14.0 Å². The first-order valence-electron chi connectivity index (χ1n) is 5.75. The van der Waals surface area contributed by atoms with Crippen LogP contribution < -0.4 is 11.1 Å². The molecule has 0 unspecified atom stereocenters. The first kappa shape index (κ1) is 12.9. The van der Waals surface area contributed by atoms with Crippen molar-refractivity contribution in [3.8, 4) is 0 Å². The Morgan fingerprint density at radius 2 is 1.79 bits per heavy atom. The lowest BCUT2D eigenvalue weighted by molar-refractivity contribution is 0.0998. The number of amides is 2. The Bertz CT molecular complexity index is 627. The van der Waals surface area contributed by atoms with E-state index < -0.39 is 5.91 Å². The van der Waals surface area contributed by atoms with Gasteiger partial charge in [0, 0.05) is 11.3 Å². The Balaban J connectivity index is 2.15. The van der Waals surface area contributed by atoms with Crippen LogP contribution >= 0.6 is 0 Å². The summed E-state index contributed by atoms with van der Waals surface area (Å²) in [5.41, 5.74) is 6.62. The quantitative estimate of drug-likeness (QED) is 0.885. The van der Waals surface area contributed by atoms with Gasteiger partial charge in [-0.2, -0.15) is 0 Å². The minimum absolute atomic E-state index is 0.249. The monoisotopic (exact) mass is 258 g/mol. The summed E-state index contributed by atoms with van der Waals surface area (Å²) in [6, 6.07) is 8.06. The van der Waals surface area contributed by atoms with E-state index in [1.54, 1.807) is 44.2 Å². The van der Waals surface area contributed by atoms with E-state index in [-0.39, 0.29) is 5.91 Å². The van der Waals surface area contributed by atoms with E-state index in [0.29, 0.717) is 28.3 Å². The fourth-order valence-corrected chi connectivity index (χ4v) is 1.77. The number of furan rings is 1. The number of nitrogens with two attached hydrogens (primary N) is 1. The van der Waals surface area contributed by atoms with Gasteiger partial charge in [0.2, 0.25) is 5.91 Å². The third-order valence-electron chi connectivity index (χ3n) is 2.71. The Hall–Kier alpha value is -2.56. The normalized spacial score (nSPS) is 10.2. The van der Waals surface area contributed by atoms with E-state index in [2.05, 4.69) is 5.32 Å². The molecule has 0 saturated heterocycles. The maximum Gasteiger partial charge on any atom is 0.259 e. The Morgan fingerprint density at radius 1 is 1.16 bits per heavy atom. The molecule has 2 rings (SSSR count). The van der Waals surface area contributed by atoms with Crippen molar-refractivity contribution in [1.29, 1.82) is 0 Å². The molecule has 0 fully saturated rings. The molecule has 2 aromatic rings. The van der Waals surface area contributed by atoms with E-state index in [0.717, 1.165) is 0 Å². The molecule has 0 atom stereocenters. The molecule has 2 amide bonds. The summed E-state index contributed by atoms with van der Waals surface area (Å²) >= 11 is 0. The second-order valence-electron chi connectivity index (χ2n) is 4.22. The maximum absolute atomic E-state index is 12.0. The zero-order chi connectivity index (χ0) is 14.0. The van der Waals surface area contributed by atoms with Gasteiger partial charge in [0.05, 0.1) is 5.56 Å². The number of carbonyl (C=O) groups is 2. The van der Waals surface area contributed by atoms with Gasteiger partial charge in [-0.15, -0.1) is 0 Å². The highest BCUT2D eigenvalue weighted by Gasteiger charge is 2.13. The van der Waals surface area contributed by atoms with Crippen LogP contribution in [-0.4, -0.2) is 11.8 Å². The van der Waals surface area contributed by atoms with Crippen molar-refractivity contribution in [1.82, 2.24) is 0 Å². The van der Waals surface area contributed by atoms with Crippen molar-refractivity contribution in [3.63, 3.8) is 0 Å². The number of nitrogens with one attached hydrogen (secondary N) is 1. The summed E-state index contributed by atoms with van der Waals surface area (Å²) < 4.78 is 5.30. The largest absolute Gasteiger partial charge is 0.466 e. The molecule has 0 bridgehead atoms. The number of aryl methyl sites for hydroxylation is 2. The molecule has 3 N–H and O–H groups in total. The van der Waals surface area contributed by atoms with E-state index in [1.165, 1.54) is 0 Å². The number of benzene rings is 1. The van der Waals surface area contributed by atoms with Gasteiger partial charge in [0.15, 0.2) is 0 Å². The molecule has 0 radical (unpaired) electrons. The molecule has 0 aliphatic heterocycles. The molecule has 1 aromatic heterocycles. The molecule has 19 heavy (non-hydrogen) atoms. The SMILES string of the molecule is Cc1cc(C(=O)Nc2ccc(C(N)=O)cc2)c(C)o1. The molecule has 98 valence electrons.